The number of nitrogens with zero attached hydrogens (tertiary/aromatic N) is 5. The normalized spacial score (nSPS) is 11.9. The monoisotopic (exact) mass is 713 g/mol. The minimum absolute atomic E-state index is 0.582. The summed E-state index contributed by atoms with van der Waals surface area (Å²) in [6.45, 7) is 0. The maximum atomic E-state index is 5.31. The predicted molar refractivity (Wildman–Crippen MR) is 232 cm³/mol. The Morgan fingerprint density at radius 1 is 0.286 bits per heavy atom. The summed E-state index contributed by atoms with van der Waals surface area (Å²) < 4.78 is 4.64. The molecule has 0 N–H and O–H groups in total. The van der Waals surface area contributed by atoms with Gasteiger partial charge in [-0.1, -0.05) is 158 Å². The van der Waals surface area contributed by atoms with Gasteiger partial charge >= 0.3 is 0 Å². The molecule has 0 aliphatic carbocycles. The summed E-state index contributed by atoms with van der Waals surface area (Å²) in [5.41, 5.74) is 7.50. The summed E-state index contributed by atoms with van der Waals surface area (Å²) in [6.07, 6.45) is 0. The molecule has 0 bridgehead atoms. The van der Waals surface area contributed by atoms with Crippen molar-refractivity contribution in [3.05, 3.63) is 188 Å². The van der Waals surface area contributed by atoms with Crippen LogP contribution in [0.4, 0.5) is 0 Å². The van der Waals surface area contributed by atoms with Crippen LogP contribution in [0.25, 0.3) is 110 Å². The van der Waals surface area contributed by atoms with Crippen molar-refractivity contribution in [2.24, 2.45) is 0 Å². The molecule has 8 aromatic carbocycles. The first-order valence-electron chi connectivity index (χ1n) is 19.0. The second-order valence-electron chi connectivity index (χ2n) is 14.4. The molecule has 0 saturated carbocycles. The van der Waals surface area contributed by atoms with Gasteiger partial charge in [0.2, 0.25) is 5.95 Å². The minimum atomic E-state index is 0.582. The van der Waals surface area contributed by atoms with Gasteiger partial charge in [-0.2, -0.15) is 9.97 Å². The van der Waals surface area contributed by atoms with Crippen LogP contribution in [0.2, 0.25) is 0 Å². The number of aromatic nitrogens is 5. The summed E-state index contributed by atoms with van der Waals surface area (Å²) in [7, 11) is 0. The molecule has 0 unspecified atom stereocenters. The molecule has 0 amide bonds. The molecule has 0 radical (unpaired) electrons. The number of hydrogen-bond acceptors (Lipinski definition) is 3. The fourth-order valence-corrected chi connectivity index (χ4v) is 8.92. The van der Waals surface area contributed by atoms with Crippen LogP contribution in [0.1, 0.15) is 0 Å². The zero-order chi connectivity index (χ0) is 36.7. The summed E-state index contributed by atoms with van der Waals surface area (Å²) in [5, 5.41) is 11.8. The Morgan fingerprint density at radius 2 is 0.714 bits per heavy atom. The van der Waals surface area contributed by atoms with Gasteiger partial charge in [0.1, 0.15) is 0 Å². The molecule has 56 heavy (non-hydrogen) atoms. The Kier molecular flexibility index (Phi) is 6.56. The minimum Gasteiger partial charge on any atom is -0.308 e. The Bertz CT molecular complexity index is 3540. The molecule has 0 spiro atoms. The van der Waals surface area contributed by atoms with E-state index < -0.39 is 0 Å². The van der Waals surface area contributed by atoms with Crippen LogP contribution in [-0.4, -0.2) is 23.9 Å². The fraction of sp³-hybridized carbons (Fsp3) is 0. The first-order chi connectivity index (χ1) is 27.8. The van der Waals surface area contributed by atoms with E-state index in [0.29, 0.717) is 17.6 Å². The van der Waals surface area contributed by atoms with Crippen molar-refractivity contribution < 1.29 is 0 Å². The summed E-state index contributed by atoms with van der Waals surface area (Å²) >= 11 is 0. The molecule has 0 aliphatic rings. The van der Waals surface area contributed by atoms with Crippen LogP contribution in [0, 0.1) is 0 Å². The van der Waals surface area contributed by atoms with Crippen molar-refractivity contribution in [2.45, 2.75) is 0 Å². The van der Waals surface area contributed by atoms with E-state index in [9.17, 15) is 0 Å². The highest BCUT2D eigenvalue weighted by Gasteiger charge is 2.19. The Morgan fingerprint density at radius 3 is 1.34 bits per heavy atom. The lowest BCUT2D eigenvalue weighted by Crippen LogP contribution is -2.06. The third-order valence-corrected chi connectivity index (χ3v) is 11.4. The topological polar surface area (TPSA) is 48.0 Å². The van der Waals surface area contributed by atoms with Crippen molar-refractivity contribution in [3.8, 4) is 28.7 Å². The molecule has 4 heterocycles. The Hall–Kier alpha value is -7.63. The first kappa shape index (κ1) is 30.8. The molecule has 5 nitrogen and oxygen atoms in total. The van der Waals surface area contributed by atoms with E-state index in [2.05, 4.69) is 179 Å². The van der Waals surface area contributed by atoms with Gasteiger partial charge in [0.15, 0.2) is 11.6 Å². The highest BCUT2D eigenvalue weighted by Crippen LogP contribution is 2.40. The lowest BCUT2D eigenvalue weighted by Gasteiger charge is -2.11. The average Bonchev–Trinajstić information content (AvgIpc) is 3.80. The maximum Gasteiger partial charge on any atom is 0.238 e. The summed E-state index contributed by atoms with van der Waals surface area (Å²) in [4.78, 5) is 15.7. The van der Waals surface area contributed by atoms with Crippen molar-refractivity contribution in [1.29, 1.82) is 0 Å². The number of hydrogen-bond donors (Lipinski definition) is 0. The number of fused-ring (bicyclic) bond motifs is 13. The van der Waals surface area contributed by atoms with E-state index in [1.54, 1.807) is 0 Å². The Labute approximate surface area is 321 Å². The van der Waals surface area contributed by atoms with Gasteiger partial charge in [0.05, 0.1) is 27.6 Å². The van der Waals surface area contributed by atoms with Crippen molar-refractivity contribution in [3.63, 3.8) is 0 Å². The molecule has 5 heteroatoms. The standard InChI is InChI=1S/C51H31N5/c1-2-15-32(16-3-1)49-52-50(54-51(53-49)56-46-27-12-7-20-38(46)39-21-8-13-28-47(39)56)33-29-30-36-37-19-6-10-25-44(37)55-45-26-11-9-22-40(45)42-24-14-23-41(48(42)55)34-17-4-5-18-35(34)43(36)31-33/h1-31H. The zero-order valence-electron chi connectivity index (χ0n) is 30.1. The summed E-state index contributed by atoms with van der Waals surface area (Å²) in [6, 6.07) is 66.9. The SMILES string of the molecule is c1ccc(-c2nc(-c3ccc4c(c3)c3ccccc3c3cccc5c6ccccc6n(c6ccccc46)c35)nc(-n3c4ccccc4c4ccccc43)n2)cc1. The first-order valence-corrected chi connectivity index (χ1v) is 19.0. The largest absolute Gasteiger partial charge is 0.308 e. The predicted octanol–water partition coefficient (Wildman–Crippen LogP) is 12.9. The zero-order valence-corrected chi connectivity index (χ0v) is 30.1. The summed E-state index contributed by atoms with van der Waals surface area (Å²) in [5.74, 6) is 1.82. The lowest BCUT2D eigenvalue weighted by atomic mass is 9.99. The number of rotatable bonds is 3. The average molecular weight is 714 g/mol. The van der Waals surface area contributed by atoms with E-state index in [1.165, 1.54) is 32.6 Å². The second-order valence-corrected chi connectivity index (χ2v) is 14.4. The van der Waals surface area contributed by atoms with Crippen LogP contribution in [0.5, 0.6) is 0 Å². The molecule has 0 fully saturated rings. The Balaban J connectivity index is 1.22. The fourth-order valence-electron chi connectivity index (χ4n) is 8.92. The van der Waals surface area contributed by atoms with Crippen LogP contribution in [-0.2, 0) is 0 Å². The molecular formula is C51H31N5. The quantitative estimate of drug-likeness (QED) is 0.183. The van der Waals surface area contributed by atoms with Crippen LogP contribution >= 0.6 is 0 Å². The molecule has 0 saturated heterocycles. The van der Waals surface area contributed by atoms with Crippen LogP contribution < -0.4 is 0 Å². The van der Waals surface area contributed by atoms with E-state index >= 15 is 0 Å². The molecular weight excluding hydrogens is 683 g/mol. The molecule has 12 rings (SSSR count). The van der Waals surface area contributed by atoms with Gasteiger partial charge in [0, 0.05) is 43.4 Å². The third kappa shape index (κ3) is 4.46. The lowest BCUT2D eigenvalue weighted by molar-refractivity contribution is 0.953. The van der Waals surface area contributed by atoms with Gasteiger partial charge in [0.25, 0.3) is 0 Å². The van der Waals surface area contributed by atoms with E-state index in [-0.39, 0.29) is 0 Å². The van der Waals surface area contributed by atoms with Crippen molar-refractivity contribution in [1.82, 2.24) is 23.9 Å². The van der Waals surface area contributed by atoms with Crippen LogP contribution in [0.15, 0.2) is 188 Å². The molecule has 260 valence electrons. The maximum absolute atomic E-state index is 5.31. The second kappa shape index (κ2) is 11.9. The van der Waals surface area contributed by atoms with Gasteiger partial charge in [-0.3, -0.25) is 4.57 Å². The number of benzene rings is 8. The van der Waals surface area contributed by atoms with Crippen LogP contribution in [0.3, 0.4) is 0 Å². The van der Waals surface area contributed by atoms with Crippen molar-refractivity contribution >= 4 is 81.4 Å². The molecule has 12 aromatic rings. The van der Waals surface area contributed by atoms with Gasteiger partial charge in [-0.05, 0) is 51.9 Å². The molecule has 0 aliphatic heterocycles. The van der Waals surface area contributed by atoms with E-state index in [4.69, 9.17) is 15.0 Å². The smallest absolute Gasteiger partial charge is 0.238 e. The van der Waals surface area contributed by atoms with Gasteiger partial charge < -0.3 is 4.40 Å². The van der Waals surface area contributed by atoms with E-state index in [0.717, 1.165) is 60.0 Å². The molecule has 0 atom stereocenters. The third-order valence-electron chi connectivity index (χ3n) is 11.4. The number of para-hydroxylation sites is 5. The highest BCUT2D eigenvalue weighted by atomic mass is 15.2. The van der Waals surface area contributed by atoms with Crippen molar-refractivity contribution in [2.75, 3.05) is 0 Å². The van der Waals surface area contributed by atoms with E-state index in [1.807, 2.05) is 18.2 Å². The molecule has 4 aromatic heterocycles. The highest BCUT2D eigenvalue weighted by molar-refractivity contribution is 6.25. The van der Waals surface area contributed by atoms with Gasteiger partial charge in [-0.15, -0.1) is 0 Å². The van der Waals surface area contributed by atoms with Gasteiger partial charge in [-0.25, -0.2) is 4.98 Å².